The molecule has 1 heterocycles. The van der Waals surface area contributed by atoms with E-state index in [4.69, 9.17) is 18.9 Å². The molecule has 0 amide bonds. The molecule has 0 spiro atoms. The van der Waals surface area contributed by atoms with Crippen LogP contribution in [0.5, 0.6) is 28.7 Å². The lowest BCUT2D eigenvalue weighted by atomic mass is 9.92. The van der Waals surface area contributed by atoms with Crippen molar-refractivity contribution in [1.29, 1.82) is 0 Å². The molecule has 3 rings (SSSR count). The van der Waals surface area contributed by atoms with Crippen LogP contribution in [0.2, 0.25) is 0 Å². The van der Waals surface area contributed by atoms with Crippen LogP contribution in [0.25, 0.3) is 0 Å². The predicted octanol–water partition coefficient (Wildman–Crippen LogP) is 0.0509. The lowest BCUT2D eigenvalue weighted by Gasteiger charge is -2.19. The molecule has 1 aliphatic heterocycles. The molecule has 6 nitrogen and oxygen atoms in total. The van der Waals surface area contributed by atoms with Crippen molar-refractivity contribution in [2.24, 2.45) is 0 Å². The fourth-order valence-corrected chi connectivity index (χ4v) is 3.75. The maximum Gasteiger partial charge on any atom is 0.203 e. The van der Waals surface area contributed by atoms with E-state index in [2.05, 4.69) is 11.6 Å². The third kappa shape index (κ3) is 4.71. The van der Waals surface area contributed by atoms with E-state index >= 15 is 0 Å². The molecule has 2 aromatic carbocycles. The number of aryl methyl sites for hydroxylation is 1. The van der Waals surface area contributed by atoms with Gasteiger partial charge in [-0.25, -0.2) is 4.58 Å². The van der Waals surface area contributed by atoms with E-state index in [1.54, 1.807) is 28.4 Å². The van der Waals surface area contributed by atoms with E-state index in [9.17, 15) is 5.11 Å². The van der Waals surface area contributed by atoms with Gasteiger partial charge < -0.3 is 48.0 Å². The molecule has 0 unspecified atom stereocenters. The van der Waals surface area contributed by atoms with Gasteiger partial charge in [-0.15, -0.1) is 0 Å². The van der Waals surface area contributed by atoms with Gasteiger partial charge in [0.2, 0.25) is 5.75 Å². The second-order valence-corrected chi connectivity index (χ2v) is 6.83. The molecule has 29 heavy (non-hydrogen) atoms. The van der Waals surface area contributed by atoms with Crippen LogP contribution < -0.4 is 42.9 Å². The zero-order valence-corrected chi connectivity index (χ0v) is 19.7. The molecule has 2 aromatic rings. The standard InChI is InChI=1S/C22H27NO5.HI/c1-23-9-8-15-12-19(25-2)18(24)13-16(15)17(23)7-6-14-10-20(26-3)22(28-5)21(11-14)27-4;/h10-13H,6-9H2,1-5H3;1H. The Bertz CT molecular complexity index is 885. The number of methoxy groups -OCH3 is 4. The van der Waals surface area contributed by atoms with Crippen molar-refractivity contribution in [2.45, 2.75) is 19.3 Å². The highest BCUT2D eigenvalue weighted by atomic mass is 127. The molecule has 0 bridgehead atoms. The Morgan fingerprint density at radius 1 is 0.862 bits per heavy atom. The summed E-state index contributed by atoms with van der Waals surface area (Å²) in [4.78, 5) is 0. The highest BCUT2D eigenvalue weighted by Gasteiger charge is 2.25. The van der Waals surface area contributed by atoms with Gasteiger partial charge >= 0.3 is 0 Å². The molecule has 0 radical (unpaired) electrons. The average molecular weight is 513 g/mol. The van der Waals surface area contributed by atoms with Gasteiger partial charge in [-0.2, -0.15) is 0 Å². The number of likely N-dealkylation sites (N-methyl/N-ethyl adjacent to an activating group) is 1. The minimum Gasteiger partial charge on any atom is -1.00 e. The molecular formula is C22H28INO5. The summed E-state index contributed by atoms with van der Waals surface area (Å²) < 4.78 is 23.8. The monoisotopic (exact) mass is 513 g/mol. The van der Waals surface area contributed by atoms with Crippen molar-refractivity contribution >= 4 is 5.71 Å². The van der Waals surface area contributed by atoms with E-state index < -0.39 is 0 Å². The van der Waals surface area contributed by atoms with E-state index in [0.29, 0.717) is 23.0 Å². The highest BCUT2D eigenvalue weighted by molar-refractivity contribution is 5.99. The third-order valence-corrected chi connectivity index (χ3v) is 5.27. The fourth-order valence-electron chi connectivity index (χ4n) is 3.75. The number of phenols is 1. The number of hydrogen-bond acceptors (Lipinski definition) is 5. The molecular weight excluding hydrogens is 485 g/mol. The molecule has 0 atom stereocenters. The quantitative estimate of drug-likeness (QED) is 0.419. The van der Waals surface area contributed by atoms with Crippen LogP contribution in [0.3, 0.4) is 0 Å². The normalized spacial score (nSPS) is 12.7. The van der Waals surface area contributed by atoms with Crippen LogP contribution >= 0.6 is 0 Å². The van der Waals surface area contributed by atoms with Crippen molar-refractivity contribution in [1.82, 2.24) is 0 Å². The molecule has 0 aromatic heterocycles. The first-order valence-corrected chi connectivity index (χ1v) is 9.28. The molecule has 0 fully saturated rings. The summed E-state index contributed by atoms with van der Waals surface area (Å²) in [6.45, 7) is 0.936. The first-order chi connectivity index (χ1) is 13.5. The molecule has 0 saturated heterocycles. The maximum atomic E-state index is 10.2. The van der Waals surface area contributed by atoms with Crippen LogP contribution in [-0.4, -0.2) is 57.4 Å². The maximum absolute atomic E-state index is 10.2. The summed E-state index contributed by atoms with van der Waals surface area (Å²) in [5, 5.41) is 10.2. The number of aromatic hydroxyl groups is 1. The zero-order chi connectivity index (χ0) is 20.3. The number of phenolic OH excluding ortho intramolecular Hbond substituents is 1. The second kappa shape index (κ2) is 10.0. The number of ether oxygens (including phenoxy) is 4. The Kier molecular flexibility index (Phi) is 8.01. The van der Waals surface area contributed by atoms with Crippen LogP contribution in [-0.2, 0) is 12.8 Å². The molecule has 158 valence electrons. The summed E-state index contributed by atoms with van der Waals surface area (Å²) in [5.74, 6) is 2.59. The van der Waals surface area contributed by atoms with E-state index in [1.165, 1.54) is 11.3 Å². The van der Waals surface area contributed by atoms with Crippen LogP contribution in [0, 0.1) is 0 Å². The molecule has 0 aliphatic carbocycles. The van der Waals surface area contributed by atoms with Crippen molar-refractivity contribution in [3.8, 4) is 28.7 Å². The first kappa shape index (κ1) is 23.1. The Labute approximate surface area is 189 Å². The minimum atomic E-state index is 0. The number of halogens is 1. The minimum absolute atomic E-state index is 0. The van der Waals surface area contributed by atoms with Gasteiger partial charge in [-0.05, 0) is 41.8 Å². The van der Waals surface area contributed by atoms with E-state index in [1.807, 2.05) is 24.3 Å². The van der Waals surface area contributed by atoms with Crippen LogP contribution in [0.15, 0.2) is 24.3 Å². The molecule has 7 heteroatoms. The summed E-state index contributed by atoms with van der Waals surface area (Å²) in [6.07, 6.45) is 2.56. The predicted molar refractivity (Wildman–Crippen MR) is 108 cm³/mol. The summed E-state index contributed by atoms with van der Waals surface area (Å²) in [7, 11) is 8.51. The highest BCUT2D eigenvalue weighted by Crippen LogP contribution is 2.39. The van der Waals surface area contributed by atoms with Gasteiger partial charge in [0.05, 0.1) is 28.4 Å². The van der Waals surface area contributed by atoms with Crippen molar-refractivity contribution in [3.05, 3.63) is 41.0 Å². The summed E-state index contributed by atoms with van der Waals surface area (Å²) in [6, 6.07) is 7.72. The van der Waals surface area contributed by atoms with Crippen LogP contribution in [0.4, 0.5) is 0 Å². The molecule has 1 N–H and O–H groups in total. The zero-order valence-electron chi connectivity index (χ0n) is 17.5. The van der Waals surface area contributed by atoms with Crippen molar-refractivity contribution < 1.29 is 52.6 Å². The number of rotatable bonds is 7. The SMILES string of the molecule is COc1cc2c(cc1O)C(CCc1cc(OC)c(OC)c(OC)c1)=[N+](C)CC2.[I-]. The summed E-state index contributed by atoms with van der Waals surface area (Å²) in [5.41, 5.74) is 4.58. The van der Waals surface area contributed by atoms with Crippen molar-refractivity contribution in [3.63, 3.8) is 0 Å². The average Bonchev–Trinajstić information content (AvgIpc) is 2.71. The topological polar surface area (TPSA) is 60.2 Å². The number of nitrogens with zero attached hydrogens (tertiary/aromatic N) is 1. The smallest absolute Gasteiger partial charge is 0.203 e. The van der Waals surface area contributed by atoms with Crippen molar-refractivity contribution in [2.75, 3.05) is 42.0 Å². The van der Waals surface area contributed by atoms with Crippen LogP contribution in [0.1, 0.15) is 23.1 Å². The fraction of sp³-hybridized carbons (Fsp3) is 0.409. The van der Waals surface area contributed by atoms with E-state index in [-0.39, 0.29) is 29.7 Å². The van der Waals surface area contributed by atoms with Gasteiger partial charge in [0.15, 0.2) is 28.7 Å². The molecule has 0 saturated carbocycles. The lowest BCUT2D eigenvalue weighted by molar-refractivity contribution is -0.499. The Morgan fingerprint density at radius 3 is 2.03 bits per heavy atom. The number of benzene rings is 2. The first-order valence-electron chi connectivity index (χ1n) is 9.28. The summed E-state index contributed by atoms with van der Waals surface area (Å²) >= 11 is 0. The van der Waals surface area contributed by atoms with E-state index in [0.717, 1.165) is 36.9 Å². The Hall–Kier alpha value is -2.16. The Balaban J connectivity index is 0.00000300. The van der Waals surface area contributed by atoms with Gasteiger partial charge in [0, 0.05) is 18.4 Å². The largest absolute Gasteiger partial charge is 1.00 e. The second-order valence-electron chi connectivity index (χ2n) is 6.83. The van der Waals surface area contributed by atoms with Gasteiger partial charge in [-0.1, -0.05) is 0 Å². The van der Waals surface area contributed by atoms with Gasteiger partial charge in [0.1, 0.15) is 13.6 Å². The number of fused-ring (bicyclic) bond motifs is 1. The van der Waals surface area contributed by atoms with Gasteiger partial charge in [0.25, 0.3) is 0 Å². The third-order valence-electron chi connectivity index (χ3n) is 5.27. The lowest BCUT2D eigenvalue weighted by Crippen LogP contribution is -3.00. The Morgan fingerprint density at radius 2 is 1.48 bits per heavy atom. The van der Waals surface area contributed by atoms with Gasteiger partial charge in [-0.3, -0.25) is 0 Å². The molecule has 1 aliphatic rings. The number of hydrogen-bond donors (Lipinski definition) is 1.